The van der Waals surface area contributed by atoms with Crippen LogP contribution in [0.5, 0.6) is 0 Å². The van der Waals surface area contributed by atoms with Crippen LogP contribution in [0.2, 0.25) is 15.1 Å². The van der Waals surface area contributed by atoms with Crippen LogP contribution in [0.25, 0.3) is 10.9 Å². The fraction of sp³-hybridized carbons (Fsp3) is 0.0800. The number of nitrogens with one attached hydrogen (secondary N) is 3. The van der Waals surface area contributed by atoms with Gasteiger partial charge in [-0.2, -0.15) is 0 Å². The minimum atomic E-state index is -1.02. The number of rotatable bonds is 4. The van der Waals surface area contributed by atoms with Gasteiger partial charge in [0.15, 0.2) is 0 Å². The minimum Gasteiger partial charge on any atom is -0.321 e. The molecule has 0 saturated carbocycles. The highest BCUT2D eigenvalue weighted by Crippen LogP contribution is 2.29. The standard InChI is InChI=1S/C25H19Cl3N4O3/c1-13-8-14(2)10-17(9-13)29-23(33)21-12-15-11-16(26)6-7-20(15)32(21)31-25(35)24(34)30-19-5-3-4-18(27)22(19)28/h3-12H,1-2H3,(H,29,33)(H,30,34)(H,31,35). The van der Waals surface area contributed by atoms with E-state index in [1.807, 2.05) is 32.0 Å². The van der Waals surface area contributed by atoms with Crippen molar-refractivity contribution in [2.45, 2.75) is 13.8 Å². The average molecular weight is 530 g/mol. The van der Waals surface area contributed by atoms with Gasteiger partial charge in [-0.15, -0.1) is 0 Å². The lowest BCUT2D eigenvalue weighted by Crippen LogP contribution is -2.36. The number of anilines is 2. The second-order valence-electron chi connectivity index (χ2n) is 7.90. The Morgan fingerprint density at radius 2 is 1.51 bits per heavy atom. The summed E-state index contributed by atoms with van der Waals surface area (Å²) in [5, 5.41) is 6.63. The Bertz CT molecular complexity index is 1480. The van der Waals surface area contributed by atoms with Crippen LogP contribution in [-0.2, 0) is 9.59 Å². The molecule has 10 heteroatoms. The van der Waals surface area contributed by atoms with Crippen LogP contribution in [0, 0.1) is 13.8 Å². The van der Waals surface area contributed by atoms with E-state index in [0.717, 1.165) is 11.1 Å². The molecule has 4 rings (SSSR count). The van der Waals surface area contributed by atoms with E-state index in [0.29, 0.717) is 21.6 Å². The predicted octanol–water partition coefficient (Wildman–Crippen LogP) is 6.18. The van der Waals surface area contributed by atoms with Crippen LogP contribution in [0.4, 0.5) is 11.4 Å². The molecule has 35 heavy (non-hydrogen) atoms. The van der Waals surface area contributed by atoms with Gasteiger partial charge in [-0.1, -0.05) is 46.9 Å². The summed E-state index contributed by atoms with van der Waals surface area (Å²) in [6.07, 6.45) is 0. The third-order valence-corrected chi connectivity index (χ3v) is 6.15. The van der Waals surface area contributed by atoms with E-state index >= 15 is 0 Å². The molecular formula is C25H19Cl3N4O3. The Balaban J connectivity index is 1.64. The van der Waals surface area contributed by atoms with Crippen molar-refractivity contribution in [3.63, 3.8) is 0 Å². The van der Waals surface area contributed by atoms with Gasteiger partial charge in [0.1, 0.15) is 5.69 Å². The van der Waals surface area contributed by atoms with E-state index in [2.05, 4.69) is 16.1 Å². The summed E-state index contributed by atoms with van der Waals surface area (Å²) in [6, 6.07) is 16.8. The number of fused-ring (bicyclic) bond motifs is 1. The third-order valence-electron chi connectivity index (χ3n) is 5.10. The van der Waals surface area contributed by atoms with E-state index in [9.17, 15) is 14.4 Å². The molecule has 0 aliphatic rings. The molecule has 7 nitrogen and oxygen atoms in total. The zero-order valence-electron chi connectivity index (χ0n) is 18.6. The lowest BCUT2D eigenvalue weighted by Gasteiger charge is -2.13. The molecule has 3 aromatic carbocycles. The second kappa shape index (κ2) is 10.00. The number of aryl methyl sites for hydroxylation is 2. The molecule has 4 aromatic rings. The highest BCUT2D eigenvalue weighted by molar-refractivity contribution is 6.46. The van der Waals surface area contributed by atoms with E-state index in [1.165, 1.54) is 10.7 Å². The topological polar surface area (TPSA) is 92.2 Å². The Hall–Kier alpha value is -3.52. The van der Waals surface area contributed by atoms with Crippen LogP contribution in [0.3, 0.4) is 0 Å². The van der Waals surface area contributed by atoms with Crippen molar-refractivity contribution in [3.05, 3.63) is 92.6 Å². The molecule has 0 radical (unpaired) electrons. The van der Waals surface area contributed by atoms with Gasteiger partial charge in [-0.25, -0.2) is 4.68 Å². The molecule has 1 aromatic heterocycles. The normalized spacial score (nSPS) is 10.8. The first kappa shape index (κ1) is 24.6. The zero-order valence-corrected chi connectivity index (χ0v) is 20.8. The molecule has 3 N–H and O–H groups in total. The summed E-state index contributed by atoms with van der Waals surface area (Å²) in [4.78, 5) is 38.5. The number of halogens is 3. The Morgan fingerprint density at radius 3 is 2.23 bits per heavy atom. The van der Waals surface area contributed by atoms with E-state index < -0.39 is 17.7 Å². The highest BCUT2D eigenvalue weighted by atomic mass is 35.5. The molecule has 3 amide bonds. The van der Waals surface area contributed by atoms with Crippen molar-refractivity contribution in [2.24, 2.45) is 0 Å². The van der Waals surface area contributed by atoms with Gasteiger partial charge in [-0.05, 0) is 73.5 Å². The van der Waals surface area contributed by atoms with Gasteiger partial charge in [0.2, 0.25) is 0 Å². The molecule has 178 valence electrons. The Labute approximate surface area is 215 Å². The lowest BCUT2D eigenvalue weighted by atomic mass is 10.1. The number of carbonyl (C=O) groups is 3. The fourth-order valence-electron chi connectivity index (χ4n) is 3.65. The first-order valence-electron chi connectivity index (χ1n) is 10.4. The van der Waals surface area contributed by atoms with Crippen LogP contribution < -0.4 is 16.1 Å². The van der Waals surface area contributed by atoms with Crippen molar-refractivity contribution in [1.29, 1.82) is 0 Å². The summed E-state index contributed by atoms with van der Waals surface area (Å²) in [5.41, 5.74) is 5.80. The second-order valence-corrected chi connectivity index (χ2v) is 9.12. The van der Waals surface area contributed by atoms with E-state index in [-0.39, 0.29) is 21.4 Å². The number of nitrogens with zero attached hydrogens (tertiary/aromatic N) is 1. The molecule has 0 atom stereocenters. The van der Waals surface area contributed by atoms with Gasteiger partial charge < -0.3 is 10.6 Å². The summed E-state index contributed by atoms with van der Waals surface area (Å²) >= 11 is 18.2. The summed E-state index contributed by atoms with van der Waals surface area (Å²) < 4.78 is 1.24. The van der Waals surface area contributed by atoms with Crippen LogP contribution in [-0.4, -0.2) is 22.4 Å². The summed E-state index contributed by atoms with van der Waals surface area (Å²) in [5.74, 6) is -2.50. The van der Waals surface area contributed by atoms with Crippen molar-refractivity contribution >= 4 is 74.8 Å². The molecule has 0 aliphatic carbocycles. The van der Waals surface area contributed by atoms with Crippen LogP contribution in [0.15, 0.2) is 60.7 Å². The van der Waals surface area contributed by atoms with Gasteiger partial charge in [0, 0.05) is 16.1 Å². The van der Waals surface area contributed by atoms with Gasteiger partial charge >= 0.3 is 11.8 Å². The molecule has 0 unspecified atom stereocenters. The third kappa shape index (κ3) is 5.43. The maximum absolute atomic E-state index is 13.2. The summed E-state index contributed by atoms with van der Waals surface area (Å²) in [6.45, 7) is 3.85. The number of hydrogen-bond acceptors (Lipinski definition) is 3. The largest absolute Gasteiger partial charge is 0.328 e. The molecule has 0 saturated heterocycles. The predicted molar refractivity (Wildman–Crippen MR) is 140 cm³/mol. The Morgan fingerprint density at radius 1 is 0.800 bits per heavy atom. The molecule has 0 bridgehead atoms. The van der Waals surface area contributed by atoms with E-state index in [1.54, 1.807) is 36.4 Å². The Kier molecular flexibility index (Phi) is 7.03. The van der Waals surface area contributed by atoms with E-state index in [4.69, 9.17) is 34.8 Å². The zero-order chi connectivity index (χ0) is 25.3. The molecule has 0 spiro atoms. The number of benzene rings is 3. The fourth-order valence-corrected chi connectivity index (χ4v) is 4.18. The van der Waals surface area contributed by atoms with Crippen molar-refractivity contribution in [3.8, 4) is 0 Å². The van der Waals surface area contributed by atoms with Crippen molar-refractivity contribution in [1.82, 2.24) is 4.68 Å². The number of hydrogen-bond donors (Lipinski definition) is 3. The SMILES string of the molecule is Cc1cc(C)cc(NC(=O)c2cc3cc(Cl)ccc3n2NC(=O)C(=O)Nc2cccc(Cl)c2Cl)c1. The molecule has 1 heterocycles. The van der Waals surface area contributed by atoms with Crippen LogP contribution in [0.1, 0.15) is 21.6 Å². The summed E-state index contributed by atoms with van der Waals surface area (Å²) in [7, 11) is 0. The number of amides is 3. The quantitative estimate of drug-likeness (QED) is 0.276. The molecular weight excluding hydrogens is 511 g/mol. The average Bonchev–Trinajstić information content (AvgIpc) is 3.13. The smallest absolute Gasteiger partial charge is 0.321 e. The molecule has 0 fully saturated rings. The van der Waals surface area contributed by atoms with Gasteiger partial charge in [0.25, 0.3) is 5.91 Å². The monoisotopic (exact) mass is 528 g/mol. The maximum atomic E-state index is 13.2. The van der Waals surface area contributed by atoms with Crippen molar-refractivity contribution in [2.75, 3.05) is 16.1 Å². The maximum Gasteiger partial charge on any atom is 0.328 e. The van der Waals surface area contributed by atoms with Crippen molar-refractivity contribution < 1.29 is 14.4 Å². The number of carbonyl (C=O) groups excluding carboxylic acids is 3. The number of aromatic nitrogens is 1. The highest BCUT2D eigenvalue weighted by Gasteiger charge is 2.22. The van der Waals surface area contributed by atoms with Gasteiger partial charge in [-0.3, -0.25) is 19.8 Å². The van der Waals surface area contributed by atoms with Crippen LogP contribution >= 0.6 is 34.8 Å². The lowest BCUT2D eigenvalue weighted by molar-refractivity contribution is -0.133. The van der Waals surface area contributed by atoms with Gasteiger partial charge in [0.05, 0.1) is 21.2 Å². The molecule has 0 aliphatic heterocycles. The first-order valence-corrected chi connectivity index (χ1v) is 11.5. The first-order chi connectivity index (χ1) is 16.6. The minimum absolute atomic E-state index is 0.100.